The van der Waals surface area contributed by atoms with Crippen molar-refractivity contribution in [2.24, 2.45) is 0 Å². The Hall–Kier alpha value is -2.02. The molecule has 1 aliphatic heterocycles. The first-order valence-corrected chi connectivity index (χ1v) is 5.41. The summed E-state index contributed by atoms with van der Waals surface area (Å²) in [6.07, 6.45) is 13.1. The standard InChI is InChI=1S/C13H15NO3/c1-3-4-5-6-7-8-9-12-10-17-13(16)14(12)11(2)15/h1,4-7,12H,8-10H2,2H3/b5-4-,7-6-/t12-/m0/s1. The Balaban J connectivity index is 2.39. The van der Waals surface area contributed by atoms with E-state index in [0.717, 1.165) is 6.42 Å². The minimum Gasteiger partial charge on any atom is -0.447 e. The van der Waals surface area contributed by atoms with Gasteiger partial charge in [0.2, 0.25) is 5.91 Å². The molecule has 0 aromatic carbocycles. The average Bonchev–Trinajstić information content (AvgIpc) is 2.65. The minimum absolute atomic E-state index is 0.152. The van der Waals surface area contributed by atoms with Crippen molar-refractivity contribution in [3.63, 3.8) is 0 Å². The van der Waals surface area contributed by atoms with Gasteiger partial charge < -0.3 is 4.74 Å². The molecule has 0 aromatic rings. The monoisotopic (exact) mass is 233 g/mol. The highest BCUT2D eigenvalue weighted by Crippen LogP contribution is 2.17. The van der Waals surface area contributed by atoms with Gasteiger partial charge in [0.15, 0.2) is 0 Å². The van der Waals surface area contributed by atoms with Gasteiger partial charge >= 0.3 is 6.09 Å². The molecule has 17 heavy (non-hydrogen) atoms. The maximum atomic E-state index is 11.2. The van der Waals surface area contributed by atoms with Crippen LogP contribution in [-0.2, 0) is 9.53 Å². The zero-order valence-corrected chi connectivity index (χ0v) is 9.76. The molecule has 0 unspecified atom stereocenters. The second-order valence-corrected chi connectivity index (χ2v) is 3.65. The van der Waals surface area contributed by atoms with Crippen LogP contribution in [0, 0.1) is 12.3 Å². The van der Waals surface area contributed by atoms with E-state index in [2.05, 4.69) is 5.92 Å². The highest BCUT2D eigenvalue weighted by molar-refractivity contribution is 5.92. The first-order chi connectivity index (χ1) is 8.16. The topological polar surface area (TPSA) is 46.6 Å². The molecule has 1 fully saturated rings. The maximum Gasteiger partial charge on any atom is 0.416 e. The van der Waals surface area contributed by atoms with E-state index in [9.17, 15) is 9.59 Å². The van der Waals surface area contributed by atoms with Crippen LogP contribution in [0.5, 0.6) is 0 Å². The molecule has 90 valence electrons. The lowest BCUT2D eigenvalue weighted by Crippen LogP contribution is -2.37. The van der Waals surface area contributed by atoms with Crippen LogP contribution in [0.15, 0.2) is 24.3 Å². The Morgan fingerprint density at radius 2 is 2.41 bits per heavy atom. The second-order valence-electron chi connectivity index (χ2n) is 3.65. The van der Waals surface area contributed by atoms with Gasteiger partial charge in [0.05, 0.1) is 6.04 Å². The summed E-state index contributed by atoms with van der Waals surface area (Å²) in [6.45, 7) is 1.65. The molecule has 0 N–H and O–H groups in total. The number of allylic oxidation sites excluding steroid dienone is 4. The molecule has 1 rings (SSSR count). The van der Waals surface area contributed by atoms with Crippen LogP contribution in [0.25, 0.3) is 0 Å². The molecule has 4 nitrogen and oxygen atoms in total. The number of hydrogen-bond donors (Lipinski definition) is 0. The molecule has 1 saturated heterocycles. The molecule has 0 radical (unpaired) electrons. The minimum atomic E-state index is -0.543. The summed E-state index contributed by atoms with van der Waals surface area (Å²) in [7, 11) is 0. The maximum absolute atomic E-state index is 11.2. The first kappa shape index (κ1) is 13.0. The SMILES string of the molecule is C#C/C=C\C=C/CC[C@H]1COC(=O)N1C(C)=O. The molecule has 4 heteroatoms. The van der Waals surface area contributed by atoms with Crippen molar-refractivity contribution in [3.05, 3.63) is 24.3 Å². The van der Waals surface area contributed by atoms with Crippen molar-refractivity contribution < 1.29 is 14.3 Å². The van der Waals surface area contributed by atoms with Gasteiger partial charge in [-0.3, -0.25) is 4.79 Å². The van der Waals surface area contributed by atoms with E-state index in [0.29, 0.717) is 6.42 Å². The van der Waals surface area contributed by atoms with Gasteiger partial charge in [0, 0.05) is 6.92 Å². The van der Waals surface area contributed by atoms with Crippen LogP contribution >= 0.6 is 0 Å². The predicted octanol–water partition coefficient (Wildman–Crippen LogP) is 1.88. The Kier molecular flexibility index (Phi) is 5.02. The number of imide groups is 1. The summed E-state index contributed by atoms with van der Waals surface area (Å²) >= 11 is 0. The summed E-state index contributed by atoms with van der Waals surface area (Å²) in [6, 6.07) is -0.152. The van der Waals surface area contributed by atoms with Crippen molar-refractivity contribution >= 4 is 12.0 Å². The van der Waals surface area contributed by atoms with Crippen molar-refractivity contribution in [2.75, 3.05) is 6.61 Å². The second kappa shape index (κ2) is 6.54. The highest BCUT2D eigenvalue weighted by atomic mass is 16.6. The lowest BCUT2D eigenvalue weighted by Gasteiger charge is -2.16. The Morgan fingerprint density at radius 1 is 1.65 bits per heavy atom. The van der Waals surface area contributed by atoms with Crippen molar-refractivity contribution in [1.82, 2.24) is 4.90 Å². The van der Waals surface area contributed by atoms with Gasteiger partial charge in [0.1, 0.15) is 6.61 Å². The van der Waals surface area contributed by atoms with Gasteiger partial charge in [-0.25, -0.2) is 9.69 Å². The van der Waals surface area contributed by atoms with E-state index in [1.54, 1.807) is 12.2 Å². The van der Waals surface area contributed by atoms with Crippen LogP contribution in [-0.4, -0.2) is 29.5 Å². The van der Waals surface area contributed by atoms with Crippen molar-refractivity contribution in [1.29, 1.82) is 0 Å². The summed E-state index contributed by atoms with van der Waals surface area (Å²) in [4.78, 5) is 23.6. The molecule has 0 aromatic heterocycles. The number of hydrogen-bond acceptors (Lipinski definition) is 3. The fourth-order valence-corrected chi connectivity index (χ4v) is 1.63. The average molecular weight is 233 g/mol. The number of cyclic esters (lactones) is 1. The smallest absolute Gasteiger partial charge is 0.416 e. The Bertz CT molecular complexity index is 390. The number of amides is 2. The molecule has 0 saturated carbocycles. The van der Waals surface area contributed by atoms with E-state index >= 15 is 0 Å². The van der Waals surface area contributed by atoms with E-state index in [4.69, 9.17) is 11.2 Å². The van der Waals surface area contributed by atoms with Crippen LogP contribution in [0.4, 0.5) is 4.79 Å². The number of nitrogens with zero attached hydrogens (tertiary/aromatic N) is 1. The zero-order chi connectivity index (χ0) is 12.7. The normalized spacial score (nSPS) is 19.9. The van der Waals surface area contributed by atoms with Gasteiger partial charge in [-0.1, -0.05) is 24.1 Å². The molecule has 0 aliphatic carbocycles. The van der Waals surface area contributed by atoms with E-state index in [1.807, 2.05) is 12.2 Å². The van der Waals surface area contributed by atoms with Crippen LogP contribution < -0.4 is 0 Å². The number of terminal acetylenes is 1. The third kappa shape index (κ3) is 3.80. The van der Waals surface area contributed by atoms with E-state index < -0.39 is 6.09 Å². The fraction of sp³-hybridized carbons (Fsp3) is 0.385. The third-order valence-electron chi connectivity index (χ3n) is 2.41. The number of rotatable bonds is 4. The van der Waals surface area contributed by atoms with Crippen LogP contribution in [0.3, 0.4) is 0 Å². The van der Waals surface area contributed by atoms with Gasteiger partial charge in [-0.2, -0.15) is 0 Å². The molecule has 1 aliphatic rings. The molecule has 1 heterocycles. The molecular formula is C13H15NO3. The van der Waals surface area contributed by atoms with Gasteiger partial charge in [0.25, 0.3) is 0 Å². The zero-order valence-electron chi connectivity index (χ0n) is 9.76. The lowest BCUT2D eigenvalue weighted by atomic mass is 10.1. The fourth-order valence-electron chi connectivity index (χ4n) is 1.63. The molecule has 2 amide bonds. The Labute approximate surface area is 101 Å². The van der Waals surface area contributed by atoms with E-state index in [-0.39, 0.29) is 18.6 Å². The van der Waals surface area contributed by atoms with Crippen LogP contribution in [0.1, 0.15) is 19.8 Å². The van der Waals surface area contributed by atoms with Crippen LogP contribution in [0.2, 0.25) is 0 Å². The third-order valence-corrected chi connectivity index (χ3v) is 2.41. The Morgan fingerprint density at radius 3 is 3.06 bits per heavy atom. The summed E-state index contributed by atoms with van der Waals surface area (Å²) < 4.78 is 4.84. The quantitative estimate of drug-likeness (QED) is 0.550. The molecular weight excluding hydrogens is 218 g/mol. The molecule has 0 spiro atoms. The number of carbonyl (C=O) groups excluding carboxylic acids is 2. The molecule has 1 atom stereocenters. The van der Waals surface area contributed by atoms with Crippen molar-refractivity contribution in [3.8, 4) is 12.3 Å². The predicted molar refractivity (Wildman–Crippen MR) is 64.0 cm³/mol. The molecule has 0 bridgehead atoms. The highest BCUT2D eigenvalue weighted by Gasteiger charge is 2.35. The van der Waals surface area contributed by atoms with E-state index in [1.165, 1.54) is 11.8 Å². The largest absolute Gasteiger partial charge is 0.447 e. The van der Waals surface area contributed by atoms with Gasteiger partial charge in [-0.05, 0) is 18.9 Å². The summed E-state index contributed by atoms with van der Waals surface area (Å²) in [5.74, 6) is 2.11. The number of ether oxygens (including phenoxy) is 1. The number of carbonyl (C=O) groups is 2. The summed E-state index contributed by atoms with van der Waals surface area (Å²) in [5.41, 5.74) is 0. The summed E-state index contributed by atoms with van der Waals surface area (Å²) in [5, 5.41) is 0. The van der Waals surface area contributed by atoms with Gasteiger partial charge in [-0.15, -0.1) is 6.42 Å². The first-order valence-electron chi connectivity index (χ1n) is 5.41. The lowest BCUT2D eigenvalue weighted by molar-refractivity contribution is -0.126. The van der Waals surface area contributed by atoms with Crippen molar-refractivity contribution in [2.45, 2.75) is 25.8 Å².